The third kappa shape index (κ3) is 3.28. The number of carbonyl (C=O) groups excluding carboxylic acids is 1. The van der Waals surface area contributed by atoms with Crippen LogP contribution >= 0.6 is 11.3 Å². The van der Waals surface area contributed by atoms with Crippen molar-refractivity contribution in [2.75, 3.05) is 32.1 Å². The van der Waals surface area contributed by atoms with E-state index in [2.05, 4.69) is 34.2 Å². The van der Waals surface area contributed by atoms with Crippen molar-refractivity contribution in [2.24, 2.45) is 0 Å². The summed E-state index contributed by atoms with van der Waals surface area (Å²) in [6, 6.07) is 2.36. The van der Waals surface area contributed by atoms with Crippen molar-refractivity contribution in [2.45, 2.75) is 31.2 Å². The molecule has 1 saturated heterocycles. The van der Waals surface area contributed by atoms with Crippen LogP contribution in [0.3, 0.4) is 0 Å². The van der Waals surface area contributed by atoms with Crippen LogP contribution in [0.25, 0.3) is 0 Å². The Hall–Kier alpha value is -2.14. The highest BCUT2D eigenvalue weighted by molar-refractivity contribution is 7.10. The first-order valence-corrected chi connectivity index (χ1v) is 9.77. The van der Waals surface area contributed by atoms with Gasteiger partial charge in [-0.3, -0.25) is 4.79 Å². The van der Waals surface area contributed by atoms with Gasteiger partial charge in [0, 0.05) is 33.7 Å². The highest BCUT2D eigenvalue weighted by atomic mass is 32.1. The van der Waals surface area contributed by atoms with Crippen molar-refractivity contribution in [1.29, 1.82) is 0 Å². The van der Waals surface area contributed by atoms with E-state index in [-0.39, 0.29) is 18.4 Å². The number of rotatable bonds is 2. The van der Waals surface area contributed by atoms with Crippen LogP contribution in [0, 0.1) is 11.8 Å². The number of nitrogens with one attached hydrogen (secondary N) is 1. The molecule has 4 heterocycles. The number of piperidine rings is 1. The van der Waals surface area contributed by atoms with E-state index in [4.69, 9.17) is 5.11 Å². The number of aliphatic hydroxyl groups excluding tert-OH is 1. The molecular formula is C19H22N4O2S. The summed E-state index contributed by atoms with van der Waals surface area (Å²) in [6.45, 7) is 1.95. The Bertz CT molecular complexity index is 868. The predicted molar refractivity (Wildman–Crippen MR) is 101 cm³/mol. The summed E-state index contributed by atoms with van der Waals surface area (Å²) >= 11 is 1.61. The molecule has 0 saturated carbocycles. The fourth-order valence-electron chi connectivity index (χ4n) is 3.75. The highest BCUT2D eigenvalue weighted by Crippen LogP contribution is 2.41. The van der Waals surface area contributed by atoms with E-state index in [0.29, 0.717) is 12.5 Å². The number of anilines is 1. The van der Waals surface area contributed by atoms with Gasteiger partial charge in [0.2, 0.25) is 5.91 Å². The zero-order chi connectivity index (χ0) is 18.1. The maximum absolute atomic E-state index is 12.4. The standard InChI is InChI=1S/C19H22N4O2S/c1-22-6-4-14(5-7-22)23-19-16(11-20-23)15(10-18(25)21-19)17-9-13(12-26-17)3-2-8-24/h9,11-12,14-15,24H,4-8,10H2,1H3,(H,21,25)/t15-/m1/s1. The molecule has 2 aromatic rings. The normalized spacial score (nSPS) is 21.0. The molecule has 2 N–H and O–H groups in total. The predicted octanol–water partition coefficient (Wildman–Crippen LogP) is 2.03. The molecule has 0 unspecified atom stereocenters. The second kappa shape index (κ2) is 7.23. The lowest BCUT2D eigenvalue weighted by Gasteiger charge is -2.31. The van der Waals surface area contributed by atoms with E-state index < -0.39 is 0 Å². The van der Waals surface area contributed by atoms with Crippen LogP contribution in [-0.4, -0.2) is 52.4 Å². The van der Waals surface area contributed by atoms with E-state index in [1.54, 1.807) is 11.3 Å². The Kier molecular flexibility index (Phi) is 4.81. The molecule has 1 amide bonds. The zero-order valence-electron chi connectivity index (χ0n) is 14.7. The van der Waals surface area contributed by atoms with Gasteiger partial charge >= 0.3 is 0 Å². The van der Waals surface area contributed by atoms with Gasteiger partial charge in [-0.05, 0) is 39.0 Å². The minimum Gasteiger partial charge on any atom is -0.384 e. The average molecular weight is 370 g/mol. The topological polar surface area (TPSA) is 70.4 Å². The van der Waals surface area contributed by atoms with Crippen molar-refractivity contribution in [3.05, 3.63) is 33.6 Å². The van der Waals surface area contributed by atoms with Crippen LogP contribution in [0.4, 0.5) is 5.82 Å². The Morgan fingerprint density at radius 2 is 2.23 bits per heavy atom. The summed E-state index contributed by atoms with van der Waals surface area (Å²) in [7, 11) is 2.14. The van der Waals surface area contributed by atoms with Crippen LogP contribution in [0.1, 0.15) is 47.2 Å². The first kappa shape index (κ1) is 17.3. The molecule has 26 heavy (non-hydrogen) atoms. The van der Waals surface area contributed by atoms with E-state index >= 15 is 0 Å². The molecule has 0 radical (unpaired) electrons. The Balaban J connectivity index is 1.64. The molecule has 1 atom stereocenters. The van der Waals surface area contributed by atoms with E-state index in [1.807, 2.05) is 22.3 Å². The molecule has 1 fully saturated rings. The zero-order valence-corrected chi connectivity index (χ0v) is 15.6. The van der Waals surface area contributed by atoms with Gasteiger partial charge in [-0.15, -0.1) is 11.3 Å². The number of hydrogen-bond donors (Lipinski definition) is 2. The summed E-state index contributed by atoms with van der Waals surface area (Å²) in [5.74, 6) is 6.52. The smallest absolute Gasteiger partial charge is 0.226 e. The molecule has 0 spiro atoms. The SMILES string of the molecule is CN1CCC(n2ncc3c2NC(=O)C[C@H]3c2cc(C#CCO)cs2)CC1. The van der Waals surface area contributed by atoms with E-state index in [0.717, 1.165) is 47.8 Å². The van der Waals surface area contributed by atoms with Gasteiger partial charge in [-0.2, -0.15) is 5.10 Å². The van der Waals surface area contributed by atoms with Gasteiger partial charge in [0.25, 0.3) is 0 Å². The lowest BCUT2D eigenvalue weighted by atomic mass is 9.92. The minimum atomic E-state index is -0.148. The lowest BCUT2D eigenvalue weighted by Crippen LogP contribution is -2.33. The Morgan fingerprint density at radius 1 is 1.42 bits per heavy atom. The monoisotopic (exact) mass is 370 g/mol. The van der Waals surface area contributed by atoms with E-state index in [9.17, 15) is 4.79 Å². The molecule has 2 aliphatic rings. The van der Waals surface area contributed by atoms with Gasteiger partial charge < -0.3 is 15.3 Å². The molecule has 4 rings (SSSR count). The number of likely N-dealkylation sites (tertiary alicyclic amines) is 1. The molecule has 6 nitrogen and oxygen atoms in total. The Labute approximate surface area is 156 Å². The van der Waals surface area contributed by atoms with Crippen molar-refractivity contribution in [3.8, 4) is 11.8 Å². The average Bonchev–Trinajstić information content (AvgIpc) is 3.27. The molecule has 7 heteroatoms. The van der Waals surface area contributed by atoms with Gasteiger partial charge in [0.1, 0.15) is 12.4 Å². The maximum Gasteiger partial charge on any atom is 0.226 e. The third-order valence-electron chi connectivity index (χ3n) is 5.16. The largest absolute Gasteiger partial charge is 0.384 e. The van der Waals surface area contributed by atoms with Crippen molar-refractivity contribution >= 4 is 23.1 Å². The van der Waals surface area contributed by atoms with Crippen molar-refractivity contribution < 1.29 is 9.90 Å². The second-order valence-electron chi connectivity index (χ2n) is 6.93. The van der Waals surface area contributed by atoms with Crippen LogP contribution < -0.4 is 5.32 Å². The van der Waals surface area contributed by atoms with E-state index in [1.165, 1.54) is 0 Å². The first-order valence-electron chi connectivity index (χ1n) is 8.89. The fraction of sp³-hybridized carbons (Fsp3) is 0.474. The maximum atomic E-state index is 12.4. The molecule has 0 aromatic carbocycles. The van der Waals surface area contributed by atoms with Crippen LogP contribution in [0.2, 0.25) is 0 Å². The minimum absolute atomic E-state index is 0.0217. The van der Waals surface area contributed by atoms with Gasteiger partial charge in [0.05, 0.1) is 12.2 Å². The third-order valence-corrected chi connectivity index (χ3v) is 6.20. The molecule has 0 aliphatic carbocycles. The van der Waals surface area contributed by atoms with Crippen molar-refractivity contribution in [1.82, 2.24) is 14.7 Å². The highest BCUT2D eigenvalue weighted by Gasteiger charge is 2.33. The van der Waals surface area contributed by atoms with Gasteiger partial charge in [-0.1, -0.05) is 11.8 Å². The number of carbonyl (C=O) groups is 1. The molecule has 2 aromatic heterocycles. The molecule has 136 valence electrons. The fourth-order valence-corrected chi connectivity index (χ4v) is 4.71. The number of fused-ring (bicyclic) bond motifs is 1. The summed E-state index contributed by atoms with van der Waals surface area (Å²) in [5.41, 5.74) is 1.97. The summed E-state index contributed by atoms with van der Waals surface area (Å²) in [5, 5.41) is 18.5. The summed E-state index contributed by atoms with van der Waals surface area (Å²) in [4.78, 5) is 15.8. The number of nitrogens with zero attached hydrogens (tertiary/aromatic N) is 3. The lowest BCUT2D eigenvalue weighted by molar-refractivity contribution is -0.116. The van der Waals surface area contributed by atoms with Gasteiger partial charge in [-0.25, -0.2) is 4.68 Å². The summed E-state index contributed by atoms with van der Waals surface area (Å²) < 4.78 is 2.02. The number of thiophene rings is 1. The van der Waals surface area contributed by atoms with Crippen LogP contribution in [0.15, 0.2) is 17.6 Å². The van der Waals surface area contributed by atoms with Crippen LogP contribution in [0.5, 0.6) is 0 Å². The number of hydrogen-bond acceptors (Lipinski definition) is 5. The summed E-state index contributed by atoms with van der Waals surface area (Å²) in [6.07, 6.45) is 4.44. The molecule has 2 aliphatic heterocycles. The van der Waals surface area contributed by atoms with Crippen molar-refractivity contribution in [3.63, 3.8) is 0 Å². The molecule has 0 bridgehead atoms. The number of aliphatic hydroxyl groups is 1. The molecular weight excluding hydrogens is 348 g/mol. The Morgan fingerprint density at radius 3 is 3.00 bits per heavy atom. The first-order chi connectivity index (χ1) is 12.7. The number of aromatic nitrogens is 2. The number of amides is 1. The quantitative estimate of drug-likeness (QED) is 0.794. The van der Waals surface area contributed by atoms with Crippen LogP contribution in [-0.2, 0) is 4.79 Å². The van der Waals surface area contributed by atoms with Gasteiger partial charge in [0.15, 0.2) is 0 Å². The second-order valence-corrected chi connectivity index (χ2v) is 7.87.